The summed E-state index contributed by atoms with van der Waals surface area (Å²) in [6, 6.07) is 11.2. The van der Waals surface area contributed by atoms with Crippen LogP contribution in [0.5, 0.6) is 0 Å². The standard InChI is InChI=1S/C15H11Cl2FO/c16-12-3-1-2-10(6-12)7-14(19)8-11-4-5-13(18)9-15(11)17/h1-6,9H,7-8H2. The summed E-state index contributed by atoms with van der Waals surface area (Å²) in [4.78, 5) is 11.9. The largest absolute Gasteiger partial charge is 0.299 e. The van der Waals surface area contributed by atoms with Crippen LogP contribution in [0.2, 0.25) is 10.0 Å². The molecule has 0 saturated carbocycles. The maximum absolute atomic E-state index is 12.9. The maximum atomic E-state index is 12.9. The molecule has 0 heterocycles. The molecule has 0 spiro atoms. The highest BCUT2D eigenvalue weighted by atomic mass is 35.5. The van der Waals surface area contributed by atoms with Crippen molar-refractivity contribution in [2.45, 2.75) is 12.8 Å². The molecule has 0 atom stereocenters. The second kappa shape index (κ2) is 6.18. The minimum absolute atomic E-state index is 0.00998. The summed E-state index contributed by atoms with van der Waals surface area (Å²) in [6.07, 6.45) is 0.472. The van der Waals surface area contributed by atoms with Crippen molar-refractivity contribution in [1.29, 1.82) is 0 Å². The molecule has 98 valence electrons. The van der Waals surface area contributed by atoms with E-state index in [-0.39, 0.29) is 23.6 Å². The zero-order valence-electron chi connectivity index (χ0n) is 10.00. The van der Waals surface area contributed by atoms with Crippen molar-refractivity contribution in [3.63, 3.8) is 0 Å². The highest BCUT2D eigenvalue weighted by Crippen LogP contribution is 2.19. The minimum Gasteiger partial charge on any atom is -0.299 e. The Morgan fingerprint density at radius 1 is 1.05 bits per heavy atom. The van der Waals surface area contributed by atoms with Crippen molar-refractivity contribution in [2.75, 3.05) is 0 Å². The van der Waals surface area contributed by atoms with Gasteiger partial charge in [-0.15, -0.1) is 0 Å². The molecule has 0 fully saturated rings. The Morgan fingerprint density at radius 3 is 2.53 bits per heavy atom. The van der Waals surface area contributed by atoms with Gasteiger partial charge in [-0.05, 0) is 35.4 Å². The smallest absolute Gasteiger partial charge is 0.141 e. The molecule has 4 heteroatoms. The first-order valence-corrected chi connectivity index (χ1v) is 6.50. The van der Waals surface area contributed by atoms with Gasteiger partial charge in [0.25, 0.3) is 0 Å². The molecular weight excluding hydrogens is 286 g/mol. The average Bonchev–Trinajstić information content (AvgIpc) is 2.33. The van der Waals surface area contributed by atoms with E-state index in [1.807, 2.05) is 6.07 Å². The lowest BCUT2D eigenvalue weighted by atomic mass is 10.0. The third-order valence-corrected chi connectivity index (χ3v) is 3.28. The van der Waals surface area contributed by atoms with Crippen molar-refractivity contribution in [1.82, 2.24) is 0 Å². The van der Waals surface area contributed by atoms with Crippen LogP contribution < -0.4 is 0 Å². The van der Waals surface area contributed by atoms with Gasteiger partial charge in [-0.1, -0.05) is 41.4 Å². The summed E-state index contributed by atoms with van der Waals surface area (Å²) < 4.78 is 12.9. The number of rotatable bonds is 4. The maximum Gasteiger partial charge on any atom is 0.141 e. The SMILES string of the molecule is O=C(Cc1cccc(Cl)c1)Cc1ccc(F)cc1Cl. The van der Waals surface area contributed by atoms with E-state index in [2.05, 4.69) is 0 Å². The molecule has 0 amide bonds. The second-order valence-electron chi connectivity index (χ2n) is 4.26. The van der Waals surface area contributed by atoms with Crippen LogP contribution in [0.15, 0.2) is 42.5 Å². The van der Waals surface area contributed by atoms with Crippen LogP contribution in [0.1, 0.15) is 11.1 Å². The Morgan fingerprint density at radius 2 is 1.84 bits per heavy atom. The van der Waals surface area contributed by atoms with Crippen LogP contribution in [0.3, 0.4) is 0 Å². The Balaban J connectivity index is 2.05. The monoisotopic (exact) mass is 296 g/mol. The lowest BCUT2D eigenvalue weighted by Gasteiger charge is -2.04. The quantitative estimate of drug-likeness (QED) is 0.812. The Bertz CT molecular complexity index is 611. The molecule has 0 saturated heterocycles. The number of hydrogen-bond donors (Lipinski definition) is 0. The number of benzene rings is 2. The Labute approximate surface area is 121 Å². The molecule has 0 aliphatic rings. The third-order valence-electron chi connectivity index (χ3n) is 2.69. The van der Waals surface area contributed by atoms with Gasteiger partial charge in [-0.3, -0.25) is 4.79 Å². The van der Waals surface area contributed by atoms with E-state index in [1.165, 1.54) is 18.2 Å². The summed E-state index contributed by atoms with van der Waals surface area (Å²) in [6.45, 7) is 0. The molecule has 2 rings (SSSR count). The number of hydrogen-bond acceptors (Lipinski definition) is 1. The van der Waals surface area contributed by atoms with Gasteiger partial charge in [0, 0.05) is 22.9 Å². The van der Waals surface area contributed by atoms with E-state index in [0.717, 1.165) is 5.56 Å². The van der Waals surface area contributed by atoms with Gasteiger partial charge >= 0.3 is 0 Å². The van der Waals surface area contributed by atoms with E-state index in [1.54, 1.807) is 18.2 Å². The fourth-order valence-electron chi connectivity index (χ4n) is 1.81. The lowest BCUT2D eigenvalue weighted by molar-refractivity contribution is -0.117. The fourth-order valence-corrected chi connectivity index (χ4v) is 2.26. The summed E-state index contributed by atoms with van der Waals surface area (Å²) in [5.74, 6) is -0.396. The molecule has 0 bridgehead atoms. The zero-order valence-corrected chi connectivity index (χ0v) is 11.5. The van der Waals surface area contributed by atoms with Crippen LogP contribution in [0.4, 0.5) is 4.39 Å². The first kappa shape index (κ1) is 14.0. The van der Waals surface area contributed by atoms with Crippen molar-refractivity contribution in [3.8, 4) is 0 Å². The Hall–Kier alpha value is -1.38. The number of carbonyl (C=O) groups is 1. The topological polar surface area (TPSA) is 17.1 Å². The van der Waals surface area contributed by atoms with E-state index >= 15 is 0 Å². The van der Waals surface area contributed by atoms with Crippen molar-refractivity contribution in [3.05, 3.63) is 69.5 Å². The number of halogens is 3. The molecule has 0 N–H and O–H groups in total. The number of Topliss-reactive ketones (excluding diaryl/α,β-unsaturated/α-hetero) is 1. The first-order valence-electron chi connectivity index (χ1n) is 5.74. The normalized spacial score (nSPS) is 10.5. The van der Waals surface area contributed by atoms with Gasteiger partial charge in [0.2, 0.25) is 0 Å². The van der Waals surface area contributed by atoms with Gasteiger partial charge in [0.1, 0.15) is 11.6 Å². The predicted molar refractivity (Wildman–Crippen MR) is 75.3 cm³/mol. The van der Waals surface area contributed by atoms with E-state index in [4.69, 9.17) is 23.2 Å². The van der Waals surface area contributed by atoms with E-state index in [0.29, 0.717) is 10.6 Å². The molecule has 0 aliphatic carbocycles. The van der Waals surface area contributed by atoms with Gasteiger partial charge in [0.05, 0.1) is 0 Å². The van der Waals surface area contributed by atoms with Gasteiger partial charge < -0.3 is 0 Å². The first-order chi connectivity index (χ1) is 9.04. The van der Waals surface area contributed by atoms with E-state index < -0.39 is 5.82 Å². The van der Waals surface area contributed by atoms with Crippen molar-refractivity contribution >= 4 is 29.0 Å². The highest BCUT2D eigenvalue weighted by Gasteiger charge is 2.09. The lowest BCUT2D eigenvalue weighted by Crippen LogP contribution is -2.07. The molecule has 0 aliphatic heterocycles. The average molecular weight is 297 g/mol. The van der Waals surface area contributed by atoms with Gasteiger partial charge in [0.15, 0.2) is 0 Å². The van der Waals surface area contributed by atoms with Crippen molar-refractivity contribution in [2.24, 2.45) is 0 Å². The molecule has 0 unspecified atom stereocenters. The number of ketones is 1. The third kappa shape index (κ3) is 4.05. The summed E-state index contributed by atoms with van der Waals surface area (Å²) in [7, 11) is 0. The van der Waals surface area contributed by atoms with Crippen LogP contribution in [-0.2, 0) is 17.6 Å². The van der Waals surface area contributed by atoms with Crippen LogP contribution in [0.25, 0.3) is 0 Å². The second-order valence-corrected chi connectivity index (χ2v) is 5.10. The van der Waals surface area contributed by atoms with Crippen LogP contribution in [-0.4, -0.2) is 5.78 Å². The van der Waals surface area contributed by atoms with Gasteiger partial charge in [-0.25, -0.2) is 4.39 Å². The molecule has 0 aromatic heterocycles. The molecule has 2 aromatic rings. The highest BCUT2D eigenvalue weighted by molar-refractivity contribution is 6.31. The molecule has 0 radical (unpaired) electrons. The Kier molecular flexibility index (Phi) is 4.56. The van der Waals surface area contributed by atoms with Crippen LogP contribution >= 0.6 is 23.2 Å². The number of carbonyl (C=O) groups excluding carboxylic acids is 1. The predicted octanol–water partition coefficient (Wildman–Crippen LogP) is 4.49. The van der Waals surface area contributed by atoms with Gasteiger partial charge in [-0.2, -0.15) is 0 Å². The summed E-state index contributed by atoms with van der Waals surface area (Å²) in [5, 5.41) is 0.879. The summed E-state index contributed by atoms with van der Waals surface area (Å²) >= 11 is 11.7. The fraction of sp³-hybridized carbons (Fsp3) is 0.133. The summed E-state index contributed by atoms with van der Waals surface area (Å²) in [5.41, 5.74) is 1.49. The zero-order chi connectivity index (χ0) is 13.8. The molecular formula is C15H11Cl2FO. The molecule has 1 nitrogen and oxygen atoms in total. The molecule has 2 aromatic carbocycles. The van der Waals surface area contributed by atoms with E-state index in [9.17, 15) is 9.18 Å². The van der Waals surface area contributed by atoms with Crippen molar-refractivity contribution < 1.29 is 9.18 Å². The molecule has 19 heavy (non-hydrogen) atoms. The minimum atomic E-state index is -0.406. The van der Waals surface area contributed by atoms with Crippen LogP contribution in [0, 0.1) is 5.82 Å².